The molecule has 0 amide bonds. The van der Waals surface area contributed by atoms with Crippen LogP contribution in [0.1, 0.15) is 25.7 Å². The van der Waals surface area contributed by atoms with Crippen molar-refractivity contribution in [3.8, 4) is 0 Å². The van der Waals surface area contributed by atoms with E-state index < -0.39 is 6.17 Å². The van der Waals surface area contributed by atoms with Gasteiger partial charge in [0.25, 0.3) is 0 Å². The Morgan fingerprint density at radius 1 is 1.20 bits per heavy atom. The van der Waals surface area contributed by atoms with Gasteiger partial charge in [-0.25, -0.2) is 4.39 Å². The van der Waals surface area contributed by atoms with E-state index in [0.717, 1.165) is 12.8 Å². The van der Waals surface area contributed by atoms with Gasteiger partial charge in [-0.3, -0.25) is 0 Å². The molecule has 0 aliphatic heterocycles. The van der Waals surface area contributed by atoms with Crippen molar-refractivity contribution in [2.24, 2.45) is 5.92 Å². The van der Waals surface area contributed by atoms with E-state index in [1.165, 1.54) is 0 Å². The van der Waals surface area contributed by atoms with Crippen molar-refractivity contribution in [1.82, 2.24) is 0 Å². The van der Waals surface area contributed by atoms with E-state index in [0.29, 0.717) is 25.3 Å². The SMILES string of the molecule is [NH-]CC1CCC(F)CC1.[W]. The maximum absolute atomic E-state index is 12.4. The van der Waals surface area contributed by atoms with Gasteiger partial charge in [0.15, 0.2) is 0 Å². The molecule has 1 aliphatic carbocycles. The summed E-state index contributed by atoms with van der Waals surface area (Å²) in [5.74, 6) is 0.497. The van der Waals surface area contributed by atoms with Crippen molar-refractivity contribution < 1.29 is 25.5 Å². The fourth-order valence-corrected chi connectivity index (χ4v) is 1.33. The van der Waals surface area contributed by atoms with E-state index in [1.54, 1.807) is 0 Å². The fourth-order valence-electron chi connectivity index (χ4n) is 1.33. The first-order chi connectivity index (χ1) is 4.33. The molecule has 1 aliphatic rings. The Morgan fingerprint density at radius 2 is 1.70 bits per heavy atom. The summed E-state index contributed by atoms with van der Waals surface area (Å²) < 4.78 is 12.4. The zero-order valence-corrected chi connectivity index (χ0v) is 8.91. The zero-order chi connectivity index (χ0) is 6.69. The molecule has 0 aromatic carbocycles. The quantitative estimate of drug-likeness (QED) is 0.710. The van der Waals surface area contributed by atoms with Gasteiger partial charge in [0, 0.05) is 21.1 Å². The monoisotopic (exact) mass is 314 g/mol. The molecule has 0 atom stereocenters. The number of hydrogen-bond donors (Lipinski definition) is 0. The molecular formula is C7H13FNW-. The first kappa shape index (κ1) is 10.6. The molecule has 1 N–H and O–H groups in total. The van der Waals surface area contributed by atoms with Gasteiger partial charge in [0.1, 0.15) is 6.17 Å². The summed E-state index contributed by atoms with van der Waals surface area (Å²) in [6.07, 6.45) is 2.70. The van der Waals surface area contributed by atoms with E-state index in [1.807, 2.05) is 0 Å². The normalized spacial score (nSPS) is 33.0. The Balaban J connectivity index is 0.000000810. The topological polar surface area (TPSA) is 23.8 Å². The van der Waals surface area contributed by atoms with Crippen molar-refractivity contribution in [2.45, 2.75) is 31.9 Å². The Hall–Kier alpha value is 0.578. The molecular weight excluding hydrogens is 301 g/mol. The van der Waals surface area contributed by atoms with Crippen LogP contribution in [0.25, 0.3) is 5.73 Å². The van der Waals surface area contributed by atoms with Gasteiger partial charge in [-0.1, -0.05) is 5.92 Å². The summed E-state index contributed by atoms with van der Waals surface area (Å²) in [5, 5.41) is 0. The molecule has 1 nitrogen and oxygen atoms in total. The third-order valence-electron chi connectivity index (χ3n) is 2.06. The summed E-state index contributed by atoms with van der Waals surface area (Å²) in [4.78, 5) is 0. The minimum Gasteiger partial charge on any atom is -0.677 e. The second-order valence-electron chi connectivity index (χ2n) is 2.82. The van der Waals surface area contributed by atoms with Crippen LogP contribution in [0.5, 0.6) is 0 Å². The Morgan fingerprint density at radius 3 is 2.10 bits per heavy atom. The molecule has 0 saturated heterocycles. The number of alkyl halides is 1. The maximum Gasteiger partial charge on any atom is 0.100 e. The predicted octanol–water partition coefficient (Wildman–Crippen LogP) is 2.56. The summed E-state index contributed by atoms with van der Waals surface area (Å²) in [6, 6.07) is 0. The van der Waals surface area contributed by atoms with Gasteiger partial charge in [0.05, 0.1) is 0 Å². The van der Waals surface area contributed by atoms with E-state index >= 15 is 0 Å². The molecule has 60 valence electrons. The number of halogens is 1. The number of rotatable bonds is 1. The second-order valence-corrected chi connectivity index (χ2v) is 2.82. The van der Waals surface area contributed by atoms with Gasteiger partial charge in [-0.2, -0.15) is 0 Å². The molecule has 1 rings (SSSR count). The summed E-state index contributed by atoms with van der Waals surface area (Å²) >= 11 is 0. The van der Waals surface area contributed by atoms with Crippen LogP contribution in [-0.2, 0) is 21.1 Å². The van der Waals surface area contributed by atoms with Gasteiger partial charge in [-0.15, -0.1) is 6.54 Å². The molecule has 0 bridgehead atoms. The molecule has 0 unspecified atom stereocenters. The minimum absolute atomic E-state index is 0. The average molecular weight is 314 g/mol. The summed E-state index contributed by atoms with van der Waals surface area (Å²) in [6.45, 7) is 0.493. The standard InChI is InChI=1S/C7H13FN.W/c8-7-3-1-6(5-9)2-4-7;/h6-7,9H,1-5H2;/q-1;. The smallest absolute Gasteiger partial charge is 0.100 e. The van der Waals surface area contributed by atoms with Gasteiger partial charge in [-0.05, 0) is 25.7 Å². The largest absolute Gasteiger partial charge is 0.677 e. The Bertz CT molecular complexity index is 81.7. The zero-order valence-electron chi connectivity index (χ0n) is 5.98. The van der Waals surface area contributed by atoms with Crippen LogP contribution in [0.15, 0.2) is 0 Å². The fraction of sp³-hybridized carbons (Fsp3) is 1.00. The van der Waals surface area contributed by atoms with Crippen molar-refractivity contribution in [1.29, 1.82) is 0 Å². The Labute approximate surface area is 75.8 Å². The van der Waals surface area contributed by atoms with Crippen molar-refractivity contribution >= 4 is 0 Å². The molecule has 0 radical (unpaired) electrons. The van der Waals surface area contributed by atoms with Crippen LogP contribution < -0.4 is 0 Å². The first-order valence-corrected chi connectivity index (χ1v) is 3.61. The van der Waals surface area contributed by atoms with E-state index in [-0.39, 0.29) is 21.1 Å². The van der Waals surface area contributed by atoms with Crippen molar-refractivity contribution in [2.75, 3.05) is 6.54 Å². The van der Waals surface area contributed by atoms with Crippen LogP contribution in [0.4, 0.5) is 4.39 Å². The van der Waals surface area contributed by atoms with Crippen LogP contribution in [0.2, 0.25) is 0 Å². The maximum atomic E-state index is 12.4. The molecule has 1 saturated carbocycles. The number of hydrogen-bond acceptors (Lipinski definition) is 0. The van der Waals surface area contributed by atoms with E-state index in [4.69, 9.17) is 5.73 Å². The molecule has 0 heterocycles. The Kier molecular flexibility index (Phi) is 5.56. The molecule has 0 aromatic heterocycles. The molecule has 1 fully saturated rings. The predicted molar refractivity (Wildman–Crippen MR) is 36.0 cm³/mol. The van der Waals surface area contributed by atoms with Gasteiger partial charge in [0.2, 0.25) is 0 Å². The van der Waals surface area contributed by atoms with Gasteiger partial charge < -0.3 is 5.73 Å². The first-order valence-electron chi connectivity index (χ1n) is 3.61. The molecule has 3 heteroatoms. The molecule has 0 aromatic rings. The van der Waals surface area contributed by atoms with Crippen molar-refractivity contribution in [3.05, 3.63) is 5.73 Å². The van der Waals surface area contributed by atoms with Crippen molar-refractivity contribution in [3.63, 3.8) is 0 Å². The van der Waals surface area contributed by atoms with E-state index in [9.17, 15) is 4.39 Å². The average Bonchev–Trinajstić information content (AvgIpc) is 1.90. The molecule has 10 heavy (non-hydrogen) atoms. The van der Waals surface area contributed by atoms with Crippen LogP contribution in [-0.4, -0.2) is 12.7 Å². The second kappa shape index (κ2) is 5.26. The van der Waals surface area contributed by atoms with Crippen LogP contribution >= 0.6 is 0 Å². The third kappa shape index (κ3) is 3.11. The summed E-state index contributed by atoms with van der Waals surface area (Å²) in [5.41, 5.74) is 7.04. The van der Waals surface area contributed by atoms with Crippen LogP contribution in [0.3, 0.4) is 0 Å². The third-order valence-corrected chi connectivity index (χ3v) is 2.06. The molecule has 0 spiro atoms. The van der Waals surface area contributed by atoms with Gasteiger partial charge >= 0.3 is 0 Å². The van der Waals surface area contributed by atoms with Crippen LogP contribution in [0, 0.1) is 5.92 Å². The number of nitrogens with one attached hydrogen (secondary N) is 1. The summed E-state index contributed by atoms with van der Waals surface area (Å²) in [7, 11) is 0. The van der Waals surface area contributed by atoms with E-state index in [2.05, 4.69) is 0 Å². The minimum atomic E-state index is -0.562.